The van der Waals surface area contributed by atoms with Gasteiger partial charge in [0, 0.05) is 6.20 Å². The van der Waals surface area contributed by atoms with Crippen molar-refractivity contribution in [2.45, 2.75) is 24.8 Å². The van der Waals surface area contributed by atoms with Crippen LogP contribution in [-0.2, 0) is 19.6 Å². The smallest absolute Gasteiger partial charge is 0.324 e. The molecule has 0 spiro atoms. The third-order valence-electron chi connectivity index (χ3n) is 2.41. The Morgan fingerprint density at radius 1 is 1.42 bits per heavy atom. The number of nitrogens with zero attached hydrogens (tertiary/aromatic N) is 1. The van der Waals surface area contributed by atoms with E-state index < -0.39 is 22.0 Å². The lowest BCUT2D eigenvalue weighted by Gasteiger charge is -2.19. The molecule has 1 aromatic rings. The Kier molecular flexibility index (Phi) is 5.28. The average molecular weight is 307 g/mol. The van der Waals surface area contributed by atoms with Crippen LogP contribution >= 0.6 is 11.6 Å². The number of halogens is 1. The maximum atomic E-state index is 12.1. The second kappa shape index (κ2) is 6.31. The summed E-state index contributed by atoms with van der Waals surface area (Å²) in [6.07, 6.45) is 1.12. The summed E-state index contributed by atoms with van der Waals surface area (Å²) >= 11 is 5.59. The van der Waals surface area contributed by atoms with Crippen molar-refractivity contribution >= 4 is 27.6 Å². The molecule has 1 heterocycles. The van der Waals surface area contributed by atoms with Gasteiger partial charge in [0.1, 0.15) is 16.1 Å². The normalized spacial score (nSPS) is 13.3. The van der Waals surface area contributed by atoms with Gasteiger partial charge in [-0.1, -0.05) is 25.4 Å². The molecule has 0 aromatic carbocycles. The minimum absolute atomic E-state index is 0.0635. The first-order chi connectivity index (χ1) is 8.77. The Balaban J connectivity index is 3.00. The van der Waals surface area contributed by atoms with Crippen molar-refractivity contribution in [3.05, 3.63) is 23.5 Å². The summed E-state index contributed by atoms with van der Waals surface area (Å²) in [7, 11) is -2.64. The molecule has 0 amide bonds. The van der Waals surface area contributed by atoms with Crippen molar-refractivity contribution in [1.82, 2.24) is 9.71 Å². The Morgan fingerprint density at radius 3 is 2.47 bits per heavy atom. The fourth-order valence-corrected chi connectivity index (χ4v) is 2.73. The van der Waals surface area contributed by atoms with Crippen molar-refractivity contribution < 1.29 is 17.9 Å². The van der Waals surface area contributed by atoms with Gasteiger partial charge in [-0.2, -0.15) is 4.72 Å². The number of aromatic nitrogens is 1. The van der Waals surface area contributed by atoms with Gasteiger partial charge in [-0.3, -0.25) is 4.79 Å². The van der Waals surface area contributed by atoms with Crippen LogP contribution in [0.1, 0.15) is 13.8 Å². The number of ether oxygens (including phenoxy) is 1. The molecule has 0 aliphatic carbocycles. The number of carbonyl (C=O) groups is 1. The van der Waals surface area contributed by atoms with Crippen LogP contribution in [0.3, 0.4) is 0 Å². The van der Waals surface area contributed by atoms with E-state index in [2.05, 4.69) is 14.4 Å². The van der Waals surface area contributed by atoms with E-state index in [9.17, 15) is 13.2 Å². The molecule has 0 fully saturated rings. The fraction of sp³-hybridized carbons (Fsp3) is 0.455. The summed E-state index contributed by atoms with van der Waals surface area (Å²) in [4.78, 5) is 15.2. The van der Waals surface area contributed by atoms with Crippen LogP contribution in [-0.4, -0.2) is 32.5 Å². The SMILES string of the molecule is COC(=O)[C@H](NS(=O)(=O)c1ccc(Cl)nc1)C(C)C. The molecule has 0 unspecified atom stereocenters. The van der Waals surface area contributed by atoms with E-state index in [4.69, 9.17) is 11.6 Å². The monoisotopic (exact) mass is 306 g/mol. The third kappa shape index (κ3) is 4.15. The minimum Gasteiger partial charge on any atom is -0.468 e. The first kappa shape index (κ1) is 15.9. The van der Waals surface area contributed by atoms with Crippen LogP contribution in [0.2, 0.25) is 5.15 Å². The highest BCUT2D eigenvalue weighted by atomic mass is 35.5. The van der Waals surface area contributed by atoms with Crippen molar-refractivity contribution in [1.29, 1.82) is 0 Å². The van der Waals surface area contributed by atoms with Crippen molar-refractivity contribution in [3.63, 3.8) is 0 Å². The number of carbonyl (C=O) groups excluding carboxylic acids is 1. The second-order valence-electron chi connectivity index (χ2n) is 4.18. The highest BCUT2D eigenvalue weighted by Crippen LogP contribution is 2.13. The molecule has 0 saturated carbocycles. The molecule has 8 heteroatoms. The molecular formula is C11H15ClN2O4S. The van der Waals surface area contributed by atoms with Crippen LogP contribution < -0.4 is 4.72 Å². The molecule has 0 radical (unpaired) electrons. The highest BCUT2D eigenvalue weighted by molar-refractivity contribution is 7.89. The van der Waals surface area contributed by atoms with Crippen LogP contribution in [0.4, 0.5) is 0 Å². The quantitative estimate of drug-likeness (QED) is 0.653. The number of rotatable bonds is 5. The van der Waals surface area contributed by atoms with Gasteiger partial charge in [-0.05, 0) is 18.1 Å². The summed E-state index contributed by atoms with van der Waals surface area (Å²) in [5.41, 5.74) is 0. The molecule has 6 nitrogen and oxygen atoms in total. The lowest BCUT2D eigenvalue weighted by molar-refractivity contribution is -0.143. The van der Waals surface area contributed by atoms with E-state index in [1.807, 2.05) is 0 Å². The van der Waals surface area contributed by atoms with E-state index in [1.165, 1.54) is 19.2 Å². The highest BCUT2D eigenvalue weighted by Gasteiger charge is 2.29. The van der Waals surface area contributed by atoms with Gasteiger partial charge in [0.05, 0.1) is 7.11 Å². The standard InChI is InChI=1S/C11H15ClN2O4S/c1-7(2)10(11(15)18-3)14-19(16,17)8-4-5-9(12)13-6-8/h4-7,10,14H,1-3H3/t10-/m1/s1. The summed E-state index contributed by atoms with van der Waals surface area (Å²) in [6, 6.07) is 1.72. The maximum Gasteiger partial charge on any atom is 0.324 e. The third-order valence-corrected chi connectivity index (χ3v) is 4.06. The van der Waals surface area contributed by atoms with Crippen LogP contribution in [0.5, 0.6) is 0 Å². The molecule has 0 aliphatic heterocycles. The zero-order valence-electron chi connectivity index (χ0n) is 10.8. The van der Waals surface area contributed by atoms with Gasteiger partial charge in [0.2, 0.25) is 10.0 Å². The van der Waals surface area contributed by atoms with Gasteiger partial charge in [-0.25, -0.2) is 13.4 Å². The van der Waals surface area contributed by atoms with Crippen LogP contribution in [0, 0.1) is 5.92 Å². The number of pyridine rings is 1. The van der Waals surface area contributed by atoms with Crippen molar-refractivity contribution in [2.24, 2.45) is 5.92 Å². The number of nitrogens with one attached hydrogen (secondary N) is 1. The summed E-state index contributed by atoms with van der Waals surface area (Å²) in [6.45, 7) is 3.43. The molecule has 0 saturated heterocycles. The molecular weight excluding hydrogens is 292 g/mol. The largest absolute Gasteiger partial charge is 0.468 e. The number of hydrogen-bond donors (Lipinski definition) is 1. The van der Waals surface area contributed by atoms with Crippen molar-refractivity contribution in [2.75, 3.05) is 7.11 Å². The minimum atomic E-state index is -3.85. The lowest BCUT2D eigenvalue weighted by Crippen LogP contribution is -2.44. The van der Waals surface area contributed by atoms with Gasteiger partial charge < -0.3 is 4.74 Å². The molecule has 1 rings (SSSR count). The van der Waals surface area contributed by atoms with E-state index in [0.717, 1.165) is 6.20 Å². The lowest BCUT2D eigenvalue weighted by atomic mass is 10.1. The molecule has 0 aliphatic rings. The maximum absolute atomic E-state index is 12.1. The Bertz CT molecular complexity index is 542. The first-order valence-corrected chi connectivity index (χ1v) is 7.35. The van der Waals surface area contributed by atoms with Gasteiger partial charge in [0.25, 0.3) is 0 Å². The zero-order chi connectivity index (χ0) is 14.6. The number of methoxy groups -OCH3 is 1. The molecule has 1 N–H and O–H groups in total. The van der Waals surface area contributed by atoms with E-state index in [1.54, 1.807) is 13.8 Å². The fourth-order valence-electron chi connectivity index (χ4n) is 1.34. The van der Waals surface area contributed by atoms with Crippen LogP contribution in [0.15, 0.2) is 23.2 Å². The molecule has 1 aromatic heterocycles. The van der Waals surface area contributed by atoms with Gasteiger partial charge >= 0.3 is 5.97 Å². The predicted molar refractivity (Wildman–Crippen MR) is 70.2 cm³/mol. The number of sulfonamides is 1. The molecule has 106 valence electrons. The average Bonchev–Trinajstić information content (AvgIpc) is 2.35. The van der Waals surface area contributed by atoms with Gasteiger partial charge in [0.15, 0.2) is 0 Å². The van der Waals surface area contributed by atoms with Crippen LogP contribution in [0.25, 0.3) is 0 Å². The molecule has 0 bridgehead atoms. The first-order valence-electron chi connectivity index (χ1n) is 5.49. The molecule has 1 atom stereocenters. The topological polar surface area (TPSA) is 85.4 Å². The Hall–Kier alpha value is -1.18. The summed E-state index contributed by atoms with van der Waals surface area (Å²) in [5.74, 6) is -0.886. The van der Waals surface area contributed by atoms with E-state index in [0.29, 0.717) is 0 Å². The number of esters is 1. The van der Waals surface area contributed by atoms with Crippen molar-refractivity contribution in [3.8, 4) is 0 Å². The number of hydrogen-bond acceptors (Lipinski definition) is 5. The Morgan fingerprint density at radius 2 is 2.05 bits per heavy atom. The summed E-state index contributed by atoms with van der Waals surface area (Å²) < 4.78 is 31.0. The second-order valence-corrected chi connectivity index (χ2v) is 6.28. The molecule has 19 heavy (non-hydrogen) atoms. The Labute approximate surface area is 117 Å². The van der Waals surface area contributed by atoms with E-state index >= 15 is 0 Å². The van der Waals surface area contributed by atoms with Gasteiger partial charge in [-0.15, -0.1) is 0 Å². The predicted octanol–water partition coefficient (Wildman–Crippen LogP) is 1.21. The zero-order valence-corrected chi connectivity index (χ0v) is 12.3. The van der Waals surface area contributed by atoms with E-state index in [-0.39, 0.29) is 16.0 Å². The summed E-state index contributed by atoms with van der Waals surface area (Å²) in [5, 5.41) is 0.187.